The molecule has 102 valence electrons. The first-order valence-corrected chi connectivity index (χ1v) is 7.32. The van der Waals surface area contributed by atoms with Crippen LogP contribution >= 0.6 is 11.3 Å². The van der Waals surface area contributed by atoms with Gasteiger partial charge in [0.15, 0.2) is 0 Å². The fourth-order valence-electron chi connectivity index (χ4n) is 2.18. The highest BCUT2D eigenvalue weighted by Crippen LogP contribution is 2.34. The molecule has 0 bridgehead atoms. The van der Waals surface area contributed by atoms with Gasteiger partial charge in [-0.05, 0) is 23.9 Å². The van der Waals surface area contributed by atoms with Crippen molar-refractivity contribution in [2.24, 2.45) is 0 Å². The average molecular weight is 292 g/mol. The molecule has 0 unspecified atom stereocenters. The number of nitrogens with zero attached hydrogens (tertiary/aromatic N) is 4. The minimum atomic E-state index is -0.149. The molecule has 0 fully saturated rings. The zero-order chi connectivity index (χ0) is 15.2. The van der Waals surface area contributed by atoms with Gasteiger partial charge in [-0.25, -0.2) is 0 Å². The average Bonchev–Trinajstić information content (AvgIpc) is 3.14. The van der Waals surface area contributed by atoms with Crippen molar-refractivity contribution in [1.82, 2.24) is 4.57 Å². The Hall–Kier alpha value is -2.81. The standard InChI is InChI=1S/C16H12N4S/c1-2-6-20-7-5-13(14(11-19)12(9-17)10-18)16(20)15-4-3-8-21-15/h3-5,7-8H,2,6H2,1H3. The lowest BCUT2D eigenvalue weighted by Gasteiger charge is -2.08. The molecule has 0 aliphatic heterocycles. The third-order valence-corrected chi connectivity index (χ3v) is 3.91. The van der Waals surface area contributed by atoms with E-state index in [0.29, 0.717) is 5.56 Å². The van der Waals surface area contributed by atoms with Gasteiger partial charge in [-0.3, -0.25) is 0 Å². The highest BCUT2D eigenvalue weighted by atomic mass is 32.1. The first kappa shape index (κ1) is 14.6. The lowest BCUT2D eigenvalue weighted by Crippen LogP contribution is -1.98. The second-order valence-electron chi connectivity index (χ2n) is 4.33. The zero-order valence-electron chi connectivity index (χ0n) is 11.5. The van der Waals surface area contributed by atoms with Gasteiger partial charge < -0.3 is 4.57 Å². The first-order chi connectivity index (χ1) is 10.3. The van der Waals surface area contributed by atoms with Gasteiger partial charge in [0, 0.05) is 18.3 Å². The summed E-state index contributed by atoms with van der Waals surface area (Å²) in [7, 11) is 0. The van der Waals surface area contributed by atoms with E-state index in [-0.39, 0.29) is 11.1 Å². The molecule has 0 aromatic carbocycles. The van der Waals surface area contributed by atoms with E-state index in [0.717, 1.165) is 23.5 Å². The van der Waals surface area contributed by atoms with E-state index in [1.54, 1.807) is 29.5 Å². The normalized spacial score (nSPS) is 9.43. The maximum Gasteiger partial charge on any atom is 0.148 e. The molecule has 21 heavy (non-hydrogen) atoms. The minimum Gasteiger partial charge on any atom is -0.346 e. The molecule has 0 atom stereocenters. The fourth-order valence-corrected chi connectivity index (χ4v) is 2.98. The van der Waals surface area contributed by atoms with Crippen LogP contribution in [0.4, 0.5) is 0 Å². The largest absolute Gasteiger partial charge is 0.346 e. The highest BCUT2D eigenvalue weighted by Gasteiger charge is 2.18. The predicted octanol–water partition coefficient (Wildman–Crippen LogP) is 3.95. The van der Waals surface area contributed by atoms with Crippen LogP contribution in [0.3, 0.4) is 0 Å². The summed E-state index contributed by atoms with van der Waals surface area (Å²) in [5, 5.41) is 29.4. The first-order valence-electron chi connectivity index (χ1n) is 6.44. The molecule has 0 N–H and O–H groups in total. The monoisotopic (exact) mass is 292 g/mol. The molecule has 0 aliphatic carbocycles. The van der Waals surface area contributed by atoms with Gasteiger partial charge >= 0.3 is 0 Å². The lowest BCUT2D eigenvalue weighted by molar-refractivity contribution is 0.690. The van der Waals surface area contributed by atoms with Crippen LogP contribution in [0.25, 0.3) is 16.1 Å². The van der Waals surface area contributed by atoms with Crippen LogP contribution < -0.4 is 0 Å². The predicted molar refractivity (Wildman–Crippen MR) is 81.8 cm³/mol. The number of allylic oxidation sites excluding steroid dienone is 2. The molecule has 5 heteroatoms. The smallest absolute Gasteiger partial charge is 0.148 e. The molecule has 2 aromatic heterocycles. The third kappa shape index (κ3) is 2.72. The quantitative estimate of drug-likeness (QED) is 0.800. The summed E-state index contributed by atoms with van der Waals surface area (Å²) in [6.07, 6.45) is 2.86. The maximum atomic E-state index is 9.36. The number of thiophene rings is 1. The lowest BCUT2D eigenvalue weighted by atomic mass is 10.0. The molecular weight excluding hydrogens is 280 g/mol. The molecule has 0 saturated heterocycles. The number of aromatic nitrogens is 1. The Bertz CT molecular complexity index is 773. The van der Waals surface area contributed by atoms with Crippen LogP contribution in [-0.4, -0.2) is 4.57 Å². The van der Waals surface area contributed by atoms with Gasteiger partial charge in [-0.2, -0.15) is 15.8 Å². The molecule has 2 aromatic rings. The van der Waals surface area contributed by atoms with Crippen LogP contribution in [0.15, 0.2) is 35.3 Å². The molecule has 0 spiro atoms. The maximum absolute atomic E-state index is 9.36. The van der Waals surface area contributed by atoms with Gasteiger partial charge in [0.05, 0.1) is 16.1 Å². The number of hydrogen-bond donors (Lipinski definition) is 0. The number of hydrogen-bond acceptors (Lipinski definition) is 4. The van der Waals surface area contributed by atoms with Gasteiger partial charge in [0.1, 0.15) is 23.8 Å². The van der Waals surface area contributed by atoms with Crippen LogP contribution in [0.1, 0.15) is 18.9 Å². The van der Waals surface area contributed by atoms with Crippen LogP contribution in [0.2, 0.25) is 0 Å². The van der Waals surface area contributed by atoms with Crippen molar-refractivity contribution in [3.05, 3.63) is 40.9 Å². The Morgan fingerprint density at radius 2 is 1.95 bits per heavy atom. The van der Waals surface area contributed by atoms with E-state index < -0.39 is 0 Å². The van der Waals surface area contributed by atoms with Crippen LogP contribution in [-0.2, 0) is 6.54 Å². The summed E-state index contributed by atoms with van der Waals surface area (Å²) in [4.78, 5) is 1.02. The summed E-state index contributed by atoms with van der Waals surface area (Å²) < 4.78 is 2.06. The topological polar surface area (TPSA) is 76.3 Å². The summed E-state index contributed by atoms with van der Waals surface area (Å²) in [6.45, 7) is 2.90. The van der Waals surface area contributed by atoms with Crippen molar-refractivity contribution in [2.45, 2.75) is 19.9 Å². The Labute approximate surface area is 127 Å². The van der Waals surface area contributed by atoms with E-state index in [2.05, 4.69) is 11.5 Å². The molecule has 4 nitrogen and oxygen atoms in total. The molecule has 0 aliphatic rings. The summed E-state index contributed by atoms with van der Waals surface area (Å²) in [6, 6.07) is 11.3. The molecule has 0 saturated carbocycles. The summed E-state index contributed by atoms with van der Waals surface area (Å²) in [5.74, 6) is 0. The summed E-state index contributed by atoms with van der Waals surface area (Å²) in [5.41, 5.74) is 1.53. The number of rotatable bonds is 4. The molecule has 2 rings (SSSR count). The van der Waals surface area contributed by atoms with Crippen molar-refractivity contribution < 1.29 is 0 Å². The van der Waals surface area contributed by atoms with E-state index in [9.17, 15) is 5.26 Å². The molecule has 2 heterocycles. The van der Waals surface area contributed by atoms with Crippen molar-refractivity contribution in [2.75, 3.05) is 0 Å². The minimum absolute atomic E-state index is 0.137. The Balaban J connectivity index is 2.72. The van der Waals surface area contributed by atoms with Gasteiger partial charge in [0.2, 0.25) is 0 Å². The van der Waals surface area contributed by atoms with E-state index in [1.165, 1.54) is 0 Å². The SMILES string of the molecule is CCCn1ccc(C(C#N)=C(C#N)C#N)c1-c1cccs1. The van der Waals surface area contributed by atoms with Crippen molar-refractivity contribution in [3.63, 3.8) is 0 Å². The van der Waals surface area contributed by atoms with Gasteiger partial charge in [-0.15, -0.1) is 11.3 Å². The van der Waals surface area contributed by atoms with E-state index >= 15 is 0 Å². The number of aryl methyl sites for hydroxylation is 1. The van der Waals surface area contributed by atoms with Crippen molar-refractivity contribution >= 4 is 16.9 Å². The Morgan fingerprint density at radius 1 is 1.19 bits per heavy atom. The van der Waals surface area contributed by atoms with Crippen molar-refractivity contribution in [3.8, 4) is 28.8 Å². The second-order valence-corrected chi connectivity index (χ2v) is 5.28. The highest BCUT2D eigenvalue weighted by molar-refractivity contribution is 7.13. The molecule has 0 radical (unpaired) electrons. The van der Waals surface area contributed by atoms with E-state index in [1.807, 2.05) is 29.8 Å². The second kappa shape index (κ2) is 6.57. The van der Waals surface area contributed by atoms with Gasteiger partial charge in [0.25, 0.3) is 0 Å². The van der Waals surface area contributed by atoms with Gasteiger partial charge in [-0.1, -0.05) is 13.0 Å². The van der Waals surface area contributed by atoms with Crippen LogP contribution in [0, 0.1) is 34.0 Å². The Kier molecular flexibility index (Phi) is 4.57. The summed E-state index contributed by atoms with van der Waals surface area (Å²) >= 11 is 1.57. The fraction of sp³-hybridized carbons (Fsp3) is 0.188. The Morgan fingerprint density at radius 3 is 2.48 bits per heavy atom. The van der Waals surface area contributed by atoms with Crippen LogP contribution in [0.5, 0.6) is 0 Å². The third-order valence-electron chi connectivity index (χ3n) is 3.04. The number of nitriles is 3. The molecule has 0 amide bonds. The molecular formula is C16H12N4S. The van der Waals surface area contributed by atoms with E-state index in [4.69, 9.17) is 10.5 Å². The zero-order valence-corrected chi connectivity index (χ0v) is 12.3. The van der Waals surface area contributed by atoms with Crippen molar-refractivity contribution in [1.29, 1.82) is 15.8 Å².